The number of guanidine groups is 1. The van der Waals surface area contributed by atoms with Crippen molar-refractivity contribution in [3.05, 3.63) is 16.1 Å². The lowest BCUT2D eigenvalue weighted by molar-refractivity contribution is 0.0468. The van der Waals surface area contributed by atoms with E-state index in [0.717, 1.165) is 38.5 Å². The zero-order valence-corrected chi connectivity index (χ0v) is 16.0. The van der Waals surface area contributed by atoms with Gasteiger partial charge >= 0.3 is 0 Å². The number of aliphatic imine (C=N–C) groups is 1. The van der Waals surface area contributed by atoms with Gasteiger partial charge in [-0.1, -0.05) is 32.6 Å². The molecule has 0 aliphatic heterocycles. The van der Waals surface area contributed by atoms with E-state index < -0.39 is 0 Å². The molecule has 0 unspecified atom stereocenters. The van der Waals surface area contributed by atoms with E-state index in [1.807, 2.05) is 6.20 Å². The summed E-state index contributed by atoms with van der Waals surface area (Å²) in [6, 6.07) is 0. The van der Waals surface area contributed by atoms with Crippen LogP contribution in [0.5, 0.6) is 0 Å². The number of nitrogens with zero attached hydrogens (tertiary/aromatic N) is 2. The summed E-state index contributed by atoms with van der Waals surface area (Å²) in [7, 11) is 1.81. The third kappa shape index (κ3) is 7.18. The molecule has 1 aliphatic rings. The second kappa shape index (κ2) is 11.4. The molecule has 0 bridgehead atoms. The molecular formula is C18H32N4OS. The van der Waals surface area contributed by atoms with Gasteiger partial charge in [0.2, 0.25) is 0 Å². The van der Waals surface area contributed by atoms with Crippen LogP contribution < -0.4 is 10.6 Å². The highest BCUT2D eigenvalue weighted by atomic mass is 32.1. The van der Waals surface area contributed by atoms with Crippen LogP contribution in [0.15, 0.2) is 11.2 Å². The predicted octanol–water partition coefficient (Wildman–Crippen LogP) is 3.15. The van der Waals surface area contributed by atoms with E-state index >= 15 is 0 Å². The van der Waals surface area contributed by atoms with Gasteiger partial charge in [0, 0.05) is 37.6 Å². The predicted molar refractivity (Wildman–Crippen MR) is 102 cm³/mol. The monoisotopic (exact) mass is 352 g/mol. The fourth-order valence-corrected chi connectivity index (χ4v) is 3.80. The molecule has 5 nitrogen and oxygen atoms in total. The van der Waals surface area contributed by atoms with Crippen LogP contribution in [-0.4, -0.2) is 43.8 Å². The molecule has 2 rings (SSSR count). The summed E-state index contributed by atoms with van der Waals surface area (Å²) in [5.74, 6) is 0.840. The number of hydrogen-bond acceptors (Lipinski definition) is 4. The summed E-state index contributed by atoms with van der Waals surface area (Å²) in [4.78, 5) is 10.1. The normalized spacial score (nSPS) is 16.8. The SMILES string of the molecule is CCc1cnc(CCNC(=NC)NCCOC2CCCCCC2)s1. The first-order valence-electron chi connectivity index (χ1n) is 9.31. The van der Waals surface area contributed by atoms with Gasteiger partial charge in [0.05, 0.1) is 17.7 Å². The summed E-state index contributed by atoms with van der Waals surface area (Å²) in [5, 5.41) is 7.85. The molecule has 2 N–H and O–H groups in total. The minimum atomic E-state index is 0.460. The third-order valence-corrected chi connectivity index (χ3v) is 5.56. The lowest BCUT2D eigenvalue weighted by Crippen LogP contribution is -2.40. The van der Waals surface area contributed by atoms with Crippen LogP contribution in [0.4, 0.5) is 0 Å². The summed E-state index contributed by atoms with van der Waals surface area (Å²) in [6.45, 7) is 4.56. The van der Waals surface area contributed by atoms with Crippen LogP contribution in [0.25, 0.3) is 0 Å². The van der Waals surface area contributed by atoms with E-state index in [1.165, 1.54) is 48.4 Å². The van der Waals surface area contributed by atoms with Gasteiger partial charge in [-0.2, -0.15) is 0 Å². The van der Waals surface area contributed by atoms with Gasteiger partial charge < -0.3 is 15.4 Å². The topological polar surface area (TPSA) is 58.5 Å². The maximum absolute atomic E-state index is 5.99. The lowest BCUT2D eigenvalue weighted by Gasteiger charge is -2.16. The molecule has 1 aromatic heterocycles. The van der Waals surface area contributed by atoms with Crippen molar-refractivity contribution in [1.82, 2.24) is 15.6 Å². The van der Waals surface area contributed by atoms with E-state index in [1.54, 1.807) is 18.4 Å². The number of rotatable bonds is 8. The molecule has 1 saturated carbocycles. The molecule has 0 spiro atoms. The average molecular weight is 353 g/mol. The molecule has 24 heavy (non-hydrogen) atoms. The summed E-state index contributed by atoms with van der Waals surface area (Å²) in [6.07, 6.45) is 12.3. The smallest absolute Gasteiger partial charge is 0.191 e. The standard InChI is InChI=1S/C18H32N4OS/c1-3-16-14-22-17(24-16)10-11-20-18(19-2)21-12-13-23-15-8-6-4-5-7-9-15/h14-15H,3-13H2,1-2H3,(H2,19,20,21). The van der Waals surface area contributed by atoms with Crippen molar-refractivity contribution in [3.63, 3.8) is 0 Å². The van der Waals surface area contributed by atoms with Crippen LogP contribution in [-0.2, 0) is 17.6 Å². The number of aryl methyl sites for hydroxylation is 1. The first kappa shape index (κ1) is 19.2. The molecule has 6 heteroatoms. The minimum absolute atomic E-state index is 0.460. The Labute approximate surface area is 150 Å². The maximum atomic E-state index is 5.99. The number of ether oxygens (including phenoxy) is 1. The Hall–Kier alpha value is -1.14. The fraction of sp³-hybridized carbons (Fsp3) is 0.778. The van der Waals surface area contributed by atoms with Crippen molar-refractivity contribution < 1.29 is 4.74 Å². The highest BCUT2D eigenvalue weighted by Crippen LogP contribution is 2.19. The van der Waals surface area contributed by atoms with Gasteiger partial charge in [0.1, 0.15) is 0 Å². The molecule has 0 amide bonds. The summed E-state index contributed by atoms with van der Waals surface area (Å²) < 4.78 is 5.99. The first-order chi connectivity index (χ1) is 11.8. The Bertz CT molecular complexity index is 481. The highest BCUT2D eigenvalue weighted by Gasteiger charge is 2.12. The van der Waals surface area contributed by atoms with Gasteiger partial charge in [-0.05, 0) is 19.3 Å². The van der Waals surface area contributed by atoms with E-state index in [9.17, 15) is 0 Å². The van der Waals surface area contributed by atoms with Crippen molar-refractivity contribution in [2.24, 2.45) is 4.99 Å². The third-order valence-electron chi connectivity index (χ3n) is 4.36. The quantitative estimate of drug-likeness (QED) is 0.327. The molecule has 0 atom stereocenters. The first-order valence-corrected chi connectivity index (χ1v) is 10.1. The molecule has 1 aromatic rings. The van der Waals surface area contributed by atoms with E-state index in [-0.39, 0.29) is 0 Å². The molecule has 1 heterocycles. The van der Waals surface area contributed by atoms with Crippen LogP contribution >= 0.6 is 11.3 Å². The second-order valence-corrected chi connectivity index (χ2v) is 7.43. The van der Waals surface area contributed by atoms with Crippen LogP contribution in [0.1, 0.15) is 55.3 Å². The largest absolute Gasteiger partial charge is 0.376 e. The Kier molecular flexibility index (Phi) is 9.13. The Morgan fingerprint density at radius 1 is 1.25 bits per heavy atom. The zero-order valence-electron chi connectivity index (χ0n) is 15.1. The van der Waals surface area contributed by atoms with Crippen molar-refractivity contribution in [3.8, 4) is 0 Å². The van der Waals surface area contributed by atoms with Gasteiger partial charge in [0.25, 0.3) is 0 Å². The van der Waals surface area contributed by atoms with Gasteiger partial charge in [-0.25, -0.2) is 4.98 Å². The van der Waals surface area contributed by atoms with E-state index in [0.29, 0.717) is 6.10 Å². The maximum Gasteiger partial charge on any atom is 0.191 e. The number of nitrogens with one attached hydrogen (secondary N) is 2. The van der Waals surface area contributed by atoms with Crippen LogP contribution in [0, 0.1) is 0 Å². The van der Waals surface area contributed by atoms with Crippen molar-refractivity contribution in [2.45, 2.75) is 64.4 Å². The Balaban J connectivity index is 1.56. The van der Waals surface area contributed by atoms with Gasteiger partial charge in [-0.15, -0.1) is 11.3 Å². The number of aromatic nitrogens is 1. The number of hydrogen-bond donors (Lipinski definition) is 2. The second-order valence-electron chi connectivity index (χ2n) is 6.23. The molecule has 0 aromatic carbocycles. The minimum Gasteiger partial charge on any atom is -0.376 e. The Morgan fingerprint density at radius 3 is 2.67 bits per heavy atom. The molecule has 0 radical (unpaired) electrons. The van der Waals surface area contributed by atoms with Gasteiger partial charge in [-0.3, -0.25) is 4.99 Å². The van der Waals surface area contributed by atoms with E-state index in [4.69, 9.17) is 4.74 Å². The van der Waals surface area contributed by atoms with E-state index in [2.05, 4.69) is 27.5 Å². The van der Waals surface area contributed by atoms with Gasteiger partial charge in [0.15, 0.2) is 5.96 Å². The molecule has 1 fully saturated rings. The Morgan fingerprint density at radius 2 is 2.00 bits per heavy atom. The molecule has 1 aliphatic carbocycles. The van der Waals surface area contributed by atoms with Crippen molar-refractivity contribution in [2.75, 3.05) is 26.7 Å². The number of thiazole rings is 1. The zero-order chi connectivity index (χ0) is 17.0. The average Bonchev–Trinajstić information content (AvgIpc) is 2.91. The molecule has 0 saturated heterocycles. The molecular weight excluding hydrogens is 320 g/mol. The lowest BCUT2D eigenvalue weighted by atomic mass is 10.1. The van der Waals surface area contributed by atoms with Crippen LogP contribution in [0.3, 0.4) is 0 Å². The molecule has 136 valence electrons. The highest BCUT2D eigenvalue weighted by molar-refractivity contribution is 7.11. The van der Waals surface area contributed by atoms with Crippen LogP contribution in [0.2, 0.25) is 0 Å². The summed E-state index contributed by atoms with van der Waals surface area (Å²) in [5.41, 5.74) is 0. The summed E-state index contributed by atoms with van der Waals surface area (Å²) >= 11 is 1.80. The van der Waals surface area contributed by atoms with Crippen molar-refractivity contribution in [1.29, 1.82) is 0 Å². The van der Waals surface area contributed by atoms with Crippen molar-refractivity contribution >= 4 is 17.3 Å². The fourth-order valence-electron chi connectivity index (χ4n) is 2.94.